The summed E-state index contributed by atoms with van der Waals surface area (Å²) >= 11 is 2.63. The molecule has 0 fully saturated rings. The molecule has 1 unspecified atom stereocenters. The highest BCUT2D eigenvalue weighted by Gasteiger charge is 2.18. The molecule has 0 radical (unpaired) electrons. The molecule has 2 rings (SSSR count). The van der Waals surface area contributed by atoms with Crippen molar-refractivity contribution in [3.05, 3.63) is 16.5 Å². The van der Waals surface area contributed by atoms with Crippen LogP contribution in [0.2, 0.25) is 0 Å². The van der Waals surface area contributed by atoms with Crippen LogP contribution in [0.3, 0.4) is 0 Å². The van der Waals surface area contributed by atoms with Gasteiger partial charge < -0.3 is 9.52 Å². The second kappa shape index (κ2) is 5.11. The van der Waals surface area contributed by atoms with E-state index in [2.05, 4.69) is 10.2 Å². The van der Waals surface area contributed by atoms with E-state index in [0.717, 1.165) is 16.6 Å². The molecule has 2 aromatic heterocycles. The first kappa shape index (κ1) is 13.1. The molecule has 96 valence electrons. The lowest BCUT2D eigenvalue weighted by Crippen LogP contribution is -2.10. The van der Waals surface area contributed by atoms with E-state index >= 15 is 0 Å². The zero-order valence-electron chi connectivity index (χ0n) is 10.1. The van der Waals surface area contributed by atoms with Crippen molar-refractivity contribution in [1.82, 2.24) is 10.2 Å². The Balaban J connectivity index is 2.17. The number of aliphatic carboxylic acids is 1. The Morgan fingerprint density at radius 1 is 1.50 bits per heavy atom. The minimum absolute atomic E-state index is 0.281. The summed E-state index contributed by atoms with van der Waals surface area (Å²) in [6.45, 7) is 5.63. The number of rotatable bonds is 4. The number of nitrogens with zero attached hydrogens (tertiary/aromatic N) is 2. The van der Waals surface area contributed by atoms with Gasteiger partial charge in [0, 0.05) is 4.88 Å². The number of carbonyl (C=O) groups is 1. The summed E-state index contributed by atoms with van der Waals surface area (Å²) in [5.41, 5.74) is 1.18. The molecule has 0 saturated heterocycles. The second-order valence-electron chi connectivity index (χ2n) is 3.82. The number of carboxylic acids is 1. The Hall–Kier alpha value is -1.34. The number of thioether (sulfide) groups is 1. The van der Waals surface area contributed by atoms with Gasteiger partial charge in [-0.1, -0.05) is 11.8 Å². The van der Waals surface area contributed by atoms with Gasteiger partial charge in [-0.25, -0.2) is 0 Å². The number of aromatic nitrogens is 2. The molecule has 0 aromatic carbocycles. The van der Waals surface area contributed by atoms with E-state index in [1.807, 2.05) is 19.9 Å². The first-order chi connectivity index (χ1) is 8.47. The Morgan fingerprint density at radius 3 is 2.78 bits per heavy atom. The van der Waals surface area contributed by atoms with Crippen molar-refractivity contribution >= 4 is 29.1 Å². The highest BCUT2D eigenvalue weighted by molar-refractivity contribution is 8.00. The first-order valence-corrected chi connectivity index (χ1v) is 6.97. The van der Waals surface area contributed by atoms with Crippen molar-refractivity contribution in [3.8, 4) is 10.8 Å². The van der Waals surface area contributed by atoms with Crippen molar-refractivity contribution in [2.75, 3.05) is 0 Å². The summed E-state index contributed by atoms with van der Waals surface area (Å²) in [4.78, 5) is 12.8. The predicted octanol–water partition coefficient (Wildman–Crippen LogP) is 2.98. The van der Waals surface area contributed by atoms with Crippen LogP contribution in [0, 0.1) is 13.8 Å². The van der Waals surface area contributed by atoms with Gasteiger partial charge in [0.15, 0.2) is 0 Å². The smallest absolute Gasteiger partial charge is 0.316 e. The van der Waals surface area contributed by atoms with Crippen LogP contribution < -0.4 is 0 Å². The summed E-state index contributed by atoms with van der Waals surface area (Å²) in [6, 6.07) is 1.99. The average molecular weight is 284 g/mol. The van der Waals surface area contributed by atoms with Crippen LogP contribution in [-0.4, -0.2) is 26.5 Å². The van der Waals surface area contributed by atoms with E-state index in [4.69, 9.17) is 9.52 Å². The van der Waals surface area contributed by atoms with Gasteiger partial charge in [0.1, 0.15) is 5.25 Å². The van der Waals surface area contributed by atoms with E-state index < -0.39 is 11.2 Å². The molecule has 2 heterocycles. The quantitative estimate of drug-likeness (QED) is 0.870. The number of carboxylic acid groups (broad SMARTS) is 1. The molecule has 0 aliphatic carbocycles. The van der Waals surface area contributed by atoms with E-state index in [0.29, 0.717) is 5.89 Å². The van der Waals surface area contributed by atoms with E-state index in [-0.39, 0.29) is 5.22 Å². The number of hydrogen-bond acceptors (Lipinski definition) is 6. The predicted molar refractivity (Wildman–Crippen MR) is 70.0 cm³/mol. The lowest BCUT2D eigenvalue weighted by molar-refractivity contribution is -0.136. The Bertz CT molecular complexity index is 557. The van der Waals surface area contributed by atoms with E-state index in [1.165, 1.54) is 10.4 Å². The zero-order chi connectivity index (χ0) is 13.3. The fourth-order valence-electron chi connectivity index (χ4n) is 1.24. The largest absolute Gasteiger partial charge is 0.480 e. The molecule has 0 aliphatic heterocycles. The molecule has 0 spiro atoms. The third-order valence-electron chi connectivity index (χ3n) is 2.41. The average Bonchev–Trinajstić information content (AvgIpc) is 2.87. The summed E-state index contributed by atoms with van der Waals surface area (Å²) in [6.07, 6.45) is 0. The Morgan fingerprint density at radius 2 is 2.22 bits per heavy atom. The molecular weight excluding hydrogens is 272 g/mol. The Labute approximate surface area is 112 Å². The van der Waals surface area contributed by atoms with Crippen LogP contribution in [0.25, 0.3) is 10.8 Å². The summed E-state index contributed by atoms with van der Waals surface area (Å²) in [5, 5.41) is 16.2. The maximum atomic E-state index is 10.7. The van der Waals surface area contributed by atoms with Gasteiger partial charge in [0.2, 0.25) is 0 Å². The van der Waals surface area contributed by atoms with Crippen molar-refractivity contribution < 1.29 is 14.3 Å². The Kier molecular flexibility index (Phi) is 3.72. The maximum Gasteiger partial charge on any atom is 0.316 e. The van der Waals surface area contributed by atoms with Gasteiger partial charge in [-0.05, 0) is 32.4 Å². The standard InChI is InChI=1S/C11H12N2O3S2/c1-5-4-8(17-6(5)2)9-12-13-11(16-9)18-7(3)10(14)15/h4,7H,1-3H3,(H,14,15). The van der Waals surface area contributed by atoms with E-state index in [9.17, 15) is 4.79 Å². The fourth-order valence-corrected chi connectivity index (χ4v) is 2.81. The van der Waals surface area contributed by atoms with Crippen LogP contribution in [0.1, 0.15) is 17.4 Å². The minimum Gasteiger partial charge on any atom is -0.480 e. The lowest BCUT2D eigenvalue weighted by atomic mass is 10.3. The molecule has 0 saturated carbocycles. The molecule has 0 aliphatic rings. The molecule has 18 heavy (non-hydrogen) atoms. The lowest BCUT2D eigenvalue weighted by Gasteiger charge is -1.99. The molecule has 7 heteroatoms. The van der Waals surface area contributed by atoms with Crippen LogP contribution >= 0.6 is 23.1 Å². The monoisotopic (exact) mass is 284 g/mol. The SMILES string of the molecule is Cc1cc(-c2nnc(SC(C)C(=O)O)o2)sc1C. The third kappa shape index (κ3) is 2.73. The van der Waals surface area contributed by atoms with Crippen molar-refractivity contribution in [3.63, 3.8) is 0 Å². The van der Waals surface area contributed by atoms with Gasteiger partial charge in [-0.3, -0.25) is 4.79 Å². The van der Waals surface area contributed by atoms with Gasteiger partial charge >= 0.3 is 5.97 Å². The van der Waals surface area contributed by atoms with Crippen molar-refractivity contribution in [2.24, 2.45) is 0 Å². The van der Waals surface area contributed by atoms with Crippen LogP contribution in [0.4, 0.5) is 0 Å². The summed E-state index contributed by atoms with van der Waals surface area (Å²) in [5.74, 6) is -0.459. The highest BCUT2D eigenvalue weighted by Crippen LogP contribution is 2.32. The molecule has 0 bridgehead atoms. The van der Waals surface area contributed by atoms with Crippen molar-refractivity contribution in [1.29, 1.82) is 0 Å². The van der Waals surface area contributed by atoms with Gasteiger partial charge in [0.25, 0.3) is 11.1 Å². The maximum absolute atomic E-state index is 10.7. The molecule has 1 N–H and O–H groups in total. The van der Waals surface area contributed by atoms with Crippen LogP contribution in [-0.2, 0) is 4.79 Å². The summed E-state index contributed by atoms with van der Waals surface area (Å²) in [7, 11) is 0. The van der Waals surface area contributed by atoms with Gasteiger partial charge in [-0.15, -0.1) is 21.5 Å². The van der Waals surface area contributed by atoms with Gasteiger partial charge in [0.05, 0.1) is 4.88 Å². The molecular formula is C11H12N2O3S2. The van der Waals surface area contributed by atoms with Crippen LogP contribution in [0.15, 0.2) is 15.7 Å². The second-order valence-corrected chi connectivity index (χ2v) is 6.37. The minimum atomic E-state index is -0.900. The van der Waals surface area contributed by atoms with Crippen molar-refractivity contribution in [2.45, 2.75) is 31.2 Å². The molecule has 0 amide bonds. The normalized spacial score (nSPS) is 12.6. The fraction of sp³-hybridized carbons (Fsp3) is 0.364. The van der Waals surface area contributed by atoms with Gasteiger partial charge in [-0.2, -0.15) is 0 Å². The third-order valence-corrected chi connectivity index (χ3v) is 4.47. The molecule has 5 nitrogen and oxygen atoms in total. The topological polar surface area (TPSA) is 76.2 Å². The van der Waals surface area contributed by atoms with Crippen LogP contribution in [0.5, 0.6) is 0 Å². The number of hydrogen-bond donors (Lipinski definition) is 1. The van der Waals surface area contributed by atoms with E-state index in [1.54, 1.807) is 18.3 Å². The number of aryl methyl sites for hydroxylation is 2. The molecule has 2 aromatic rings. The number of thiophene rings is 1. The zero-order valence-corrected chi connectivity index (χ0v) is 11.8. The first-order valence-electron chi connectivity index (χ1n) is 5.27. The highest BCUT2D eigenvalue weighted by atomic mass is 32.2. The summed E-state index contributed by atoms with van der Waals surface area (Å²) < 4.78 is 5.45. The molecule has 1 atom stereocenters.